The van der Waals surface area contributed by atoms with Gasteiger partial charge in [0.25, 0.3) is 0 Å². The average Bonchev–Trinajstić information content (AvgIpc) is 2.31. The lowest BCUT2D eigenvalue weighted by molar-refractivity contribution is -0.0289. The van der Waals surface area contributed by atoms with Crippen LogP contribution in [-0.2, 0) is 4.74 Å². The lowest BCUT2D eigenvalue weighted by atomic mass is 9.68. The molecule has 2 rings (SSSR count). The fourth-order valence-corrected chi connectivity index (χ4v) is 2.80. The summed E-state index contributed by atoms with van der Waals surface area (Å²) in [5, 5.41) is 0. The molecule has 0 aromatic rings. The first-order valence-electron chi connectivity index (χ1n) is 5.82. The fraction of sp³-hybridized carbons (Fsp3) is 0.833. The lowest BCUT2D eigenvalue weighted by Gasteiger charge is -2.42. The summed E-state index contributed by atoms with van der Waals surface area (Å²) < 4.78 is 5.62. The third kappa shape index (κ3) is 1.86. The van der Waals surface area contributed by atoms with Gasteiger partial charge in [-0.3, -0.25) is 0 Å². The highest BCUT2D eigenvalue weighted by Crippen LogP contribution is 2.40. The Morgan fingerprint density at radius 2 is 2.36 bits per heavy atom. The summed E-state index contributed by atoms with van der Waals surface area (Å²) in [5.74, 6) is 0.668. The van der Waals surface area contributed by atoms with Crippen LogP contribution >= 0.6 is 0 Å². The van der Waals surface area contributed by atoms with Crippen molar-refractivity contribution >= 4 is 0 Å². The van der Waals surface area contributed by atoms with Gasteiger partial charge in [0.05, 0.1) is 6.61 Å². The molecule has 1 aliphatic carbocycles. The highest BCUT2D eigenvalue weighted by Gasteiger charge is 2.38. The summed E-state index contributed by atoms with van der Waals surface area (Å²) in [5.41, 5.74) is 6.21. The second-order valence-corrected chi connectivity index (χ2v) is 4.69. The van der Waals surface area contributed by atoms with Gasteiger partial charge in [0.1, 0.15) is 0 Å². The number of hydrogen-bond donors (Lipinski definition) is 1. The second-order valence-electron chi connectivity index (χ2n) is 4.69. The molecule has 1 heterocycles. The molecule has 1 aliphatic heterocycles. The normalized spacial score (nSPS) is 38.5. The monoisotopic (exact) mass is 195 g/mol. The smallest absolute Gasteiger partial charge is 0.0540 e. The summed E-state index contributed by atoms with van der Waals surface area (Å²) in [7, 11) is 0. The van der Waals surface area contributed by atoms with Gasteiger partial charge in [0, 0.05) is 18.6 Å². The Morgan fingerprint density at radius 3 is 2.93 bits per heavy atom. The summed E-state index contributed by atoms with van der Waals surface area (Å²) in [6, 6.07) is 0. The molecular weight excluding hydrogens is 174 g/mol. The minimum Gasteiger partial charge on any atom is -0.381 e. The predicted molar refractivity (Wildman–Crippen MR) is 58.0 cm³/mol. The summed E-state index contributed by atoms with van der Waals surface area (Å²) in [6.07, 6.45) is 11.0. The molecule has 1 saturated heterocycles. The Labute approximate surface area is 86.5 Å². The van der Waals surface area contributed by atoms with Gasteiger partial charge in [-0.2, -0.15) is 0 Å². The minimum absolute atomic E-state index is 0.259. The molecule has 2 aliphatic rings. The van der Waals surface area contributed by atoms with E-state index in [0.717, 1.165) is 19.8 Å². The van der Waals surface area contributed by atoms with E-state index in [0.29, 0.717) is 5.92 Å². The molecule has 0 aromatic carbocycles. The Hall–Kier alpha value is -0.340. The largest absolute Gasteiger partial charge is 0.381 e. The van der Waals surface area contributed by atoms with Crippen molar-refractivity contribution in [2.45, 2.75) is 32.1 Å². The number of nitrogens with two attached hydrogens (primary N) is 1. The molecule has 2 N–H and O–H groups in total. The second kappa shape index (κ2) is 4.45. The molecule has 0 bridgehead atoms. The molecular formula is C12H21NO. The van der Waals surface area contributed by atoms with Crippen LogP contribution < -0.4 is 5.73 Å². The zero-order valence-corrected chi connectivity index (χ0v) is 8.87. The molecule has 2 atom stereocenters. The maximum atomic E-state index is 5.96. The number of rotatable bonds is 2. The van der Waals surface area contributed by atoms with Crippen LogP contribution in [0.15, 0.2) is 12.2 Å². The van der Waals surface area contributed by atoms with E-state index >= 15 is 0 Å². The van der Waals surface area contributed by atoms with Crippen LogP contribution in [0.3, 0.4) is 0 Å². The highest BCUT2D eigenvalue weighted by atomic mass is 16.5. The van der Waals surface area contributed by atoms with Crippen LogP contribution in [0, 0.1) is 11.3 Å². The molecule has 2 nitrogen and oxygen atoms in total. The van der Waals surface area contributed by atoms with Crippen LogP contribution in [0.4, 0.5) is 0 Å². The molecule has 0 saturated carbocycles. The van der Waals surface area contributed by atoms with E-state index in [1.54, 1.807) is 0 Å². The molecule has 2 heteroatoms. The molecule has 2 unspecified atom stereocenters. The van der Waals surface area contributed by atoms with Crippen molar-refractivity contribution in [3.63, 3.8) is 0 Å². The maximum Gasteiger partial charge on any atom is 0.0540 e. The summed E-state index contributed by atoms with van der Waals surface area (Å²) >= 11 is 0. The standard InChI is InChI=1S/C12H21NO/c13-9-12(7-4-8-14-10-12)11-5-2-1-3-6-11/h2,5,11H,1,3-4,6-10,13H2. The zero-order chi connectivity index (χ0) is 9.86. The third-order valence-corrected chi connectivity index (χ3v) is 3.80. The van der Waals surface area contributed by atoms with E-state index in [-0.39, 0.29) is 5.41 Å². The quantitative estimate of drug-likeness (QED) is 0.685. The molecule has 80 valence electrons. The van der Waals surface area contributed by atoms with Crippen molar-refractivity contribution in [2.75, 3.05) is 19.8 Å². The average molecular weight is 195 g/mol. The topological polar surface area (TPSA) is 35.2 Å². The van der Waals surface area contributed by atoms with Crippen molar-refractivity contribution in [3.8, 4) is 0 Å². The van der Waals surface area contributed by atoms with E-state index in [4.69, 9.17) is 10.5 Å². The van der Waals surface area contributed by atoms with E-state index < -0.39 is 0 Å². The number of ether oxygens (including phenoxy) is 1. The van der Waals surface area contributed by atoms with Crippen molar-refractivity contribution < 1.29 is 4.74 Å². The molecule has 0 amide bonds. The van der Waals surface area contributed by atoms with Crippen molar-refractivity contribution in [1.82, 2.24) is 0 Å². The third-order valence-electron chi connectivity index (χ3n) is 3.80. The molecule has 0 radical (unpaired) electrons. The van der Waals surface area contributed by atoms with Crippen molar-refractivity contribution in [3.05, 3.63) is 12.2 Å². The van der Waals surface area contributed by atoms with Gasteiger partial charge in [0.2, 0.25) is 0 Å². The van der Waals surface area contributed by atoms with Gasteiger partial charge in [-0.15, -0.1) is 0 Å². The molecule has 0 spiro atoms. The lowest BCUT2D eigenvalue weighted by Crippen LogP contribution is -2.44. The Kier molecular flexibility index (Phi) is 3.24. The van der Waals surface area contributed by atoms with Crippen molar-refractivity contribution in [2.24, 2.45) is 17.1 Å². The van der Waals surface area contributed by atoms with E-state index in [1.165, 1.54) is 32.1 Å². The molecule has 0 aromatic heterocycles. The van der Waals surface area contributed by atoms with Gasteiger partial charge in [-0.1, -0.05) is 12.2 Å². The number of allylic oxidation sites excluding steroid dienone is 2. The van der Waals surface area contributed by atoms with Crippen LogP contribution in [-0.4, -0.2) is 19.8 Å². The molecule has 1 fully saturated rings. The Balaban J connectivity index is 2.08. The SMILES string of the molecule is NCC1(C2C=CCCC2)CCCOC1. The van der Waals surface area contributed by atoms with E-state index in [9.17, 15) is 0 Å². The van der Waals surface area contributed by atoms with E-state index in [2.05, 4.69) is 12.2 Å². The van der Waals surface area contributed by atoms with Gasteiger partial charge < -0.3 is 10.5 Å². The first-order chi connectivity index (χ1) is 6.87. The zero-order valence-electron chi connectivity index (χ0n) is 8.87. The summed E-state index contributed by atoms with van der Waals surface area (Å²) in [6.45, 7) is 2.58. The van der Waals surface area contributed by atoms with Gasteiger partial charge >= 0.3 is 0 Å². The first kappa shape index (κ1) is 10.2. The van der Waals surface area contributed by atoms with Crippen LogP contribution in [0.25, 0.3) is 0 Å². The minimum atomic E-state index is 0.259. The van der Waals surface area contributed by atoms with Gasteiger partial charge in [-0.25, -0.2) is 0 Å². The summed E-state index contributed by atoms with van der Waals surface area (Å²) in [4.78, 5) is 0. The first-order valence-corrected chi connectivity index (χ1v) is 5.82. The van der Waals surface area contributed by atoms with Crippen LogP contribution in [0.1, 0.15) is 32.1 Å². The van der Waals surface area contributed by atoms with Gasteiger partial charge in [0.15, 0.2) is 0 Å². The van der Waals surface area contributed by atoms with E-state index in [1.807, 2.05) is 0 Å². The van der Waals surface area contributed by atoms with Gasteiger partial charge in [-0.05, 0) is 38.0 Å². The molecule has 14 heavy (non-hydrogen) atoms. The number of hydrogen-bond acceptors (Lipinski definition) is 2. The van der Waals surface area contributed by atoms with Crippen LogP contribution in [0.5, 0.6) is 0 Å². The predicted octanol–water partition coefficient (Wildman–Crippen LogP) is 2.10. The Morgan fingerprint density at radius 1 is 1.43 bits per heavy atom. The maximum absolute atomic E-state index is 5.96. The highest BCUT2D eigenvalue weighted by molar-refractivity contribution is 5.03. The fourth-order valence-electron chi connectivity index (χ4n) is 2.80. The van der Waals surface area contributed by atoms with Crippen LogP contribution in [0.2, 0.25) is 0 Å². The Bertz CT molecular complexity index is 206. The van der Waals surface area contributed by atoms with Crippen molar-refractivity contribution in [1.29, 1.82) is 0 Å².